The van der Waals surface area contributed by atoms with Crippen LogP contribution in [0.4, 0.5) is 8.78 Å². The summed E-state index contributed by atoms with van der Waals surface area (Å²) in [7, 11) is 2.53. The van der Waals surface area contributed by atoms with Gasteiger partial charge in [-0.3, -0.25) is 0 Å². The number of carbonyl (C=O) groups excluding carboxylic acids is 2. The predicted molar refractivity (Wildman–Crippen MR) is 283 cm³/mol. The monoisotopic (exact) mass is 998 g/mol. The largest absolute Gasteiger partial charge is 0.489 e. The standard InChI is InChI=1S/2C31H30FNO4/c2*1-20(24-12-7-9-21-8-3-4-10-25(21)24)33-18-23-17-27(26-11-5-6-13-29(26)37-23)22-14-15-30(28(32)16-22)36-19-31(34)35-2/h2*3-16,20,23,27,33H,17-19H2,1-2H3/t20-,23-,27+;20-,23-,27-/m11/s1. The molecular weight excluding hydrogens is 939 g/mol. The minimum atomic E-state index is -0.560. The van der Waals surface area contributed by atoms with Crippen molar-refractivity contribution in [1.29, 1.82) is 0 Å². The highest BCUT2D eigenvalue weighted by Gasteiger charge is 2.32. The van der Waals surface area contributed by atoms with Crippen molar-refractivity contribution in [1.82, 2.24) is 10.6 Å². The molecule has 0 saturated carbocycles. The van der Waals surface area contributed by atoms with Gasteiger partial charge in [0.15, 0.2) is 36.3 Å². The fourth-order valence-electron chi connectivity index (χ4n) is 10.1. The summed E-state index contributed by atoms with van der Waals surface area (Å²) in [6.45, 7) is 4.96. The van der Waals surface area contributed by atoms with Crippen LogP contribution in [0.25, 0.3) is 21.5 Å². The highest BCUT2D eigenvalue weighted by atomic mass is 19.1. The van der Waals surface area contributed by atoms with E-state index >= 15 is 0 Å². The van der Waals surface area contributed by atoms with Gasteiger partial charge in [0.05, 0.1) is 14.2 Å². The lowest BCUT2D eigenvalue weighted by Crippen LogP contribution is -2.37. The van der Waals surface area contributed by atoms with Crippen LogP contribution in [0, 0.1) is 11.6 Å². The maximum absolute atomic E-state index is 14.9. The SMILES string of the molecule is COC(=O)COc1ccc([C@@H]2C[C@H](CN[C@H](C)c3cccc4ccccc34)Oc3ccccc32)cc1F.COC(=O)COc1ccc([C@H]2C[C@H](CN[C@H](C)c3cccc4ccccc34)Oc3ccccc32)cc1F. The molecule has 2 N–H and O–H groups in total. The lowest BCUT2D eigenvalue weighted by molar-refractivity contribution is -0.143. The van der Waals surface area contributed by atoms with E-state index < -0.39 is 23.6 Å². The van der Waals surface area contributed by atoms with Crippen LogP contribution in [0.2, 0.25) is 0 Å². The zero-order valence-electron chi connectivity index (χ0n) is 41.9. The highest BCUT2D eigenvalue weighted by Crippen LogP contribution is 2.43. The van der Waals surface area contributed by atoms with Gasteiger partial charge in [0.1, 0.15) is 23.7 Å². The molecule has 0 amide bonds. The summed E-state index contributed by atoms with van der Waals surface area (Å²) in [6, 6.07) is 55.5. The molecule has 0 bridgehead atoms. The van der Waals surface area contributed by atoms with Gasteiger partial charge < -0.3 is 39.1 Å². The summed E-state index contributed by atoms with van der Waals surface area (Å²) in [5.41, 5.74) is 6.23. The molecule has 2 aliphatic rings. The van der Waals surface area contributed by atoms with Gasteiger partial charge >= 0.3 is 11.9 Å². The third-order valence-corrected chi connectivity index (χ3v) is 13.9. The maximum atomic E-state index is 14.9. The van der Waals surface area contributed by atoms with Crippen LogP contribution in [0.5, 0.6) is 23.0 Å². The van der Waals surface area contributed by atoms with Gasteiger partial charge in [0, 0.05) is 48.1 Å². The lowest BCUT2D eigenvalue weighted by Gasteiger charge is -2.33. The average Bonchev–Trinajstić information content (AvgIpc) is 3.44. The fourth-order valence-corrected chi connectivity index (χ4v) is 10.1. The predicted octanol–water partition coefficient (Wildman–Crippen LogP) is 12.3. The molecule has 12 heteroatoms. The van der Waals surface area contributed by atoms with E-state index in [2.05, 4.69) is 119 Å². The van der Waals surface area contributed by atoms with Crippen molar-refractivity contribution in [3.63, 3.8) is 0 Å². The summed E-state index contributed by atoms with van der Waals surface area (Å²) >= 11 is 0. The number of ether oxygens (including phenoxy) is 6. The Morgan fingerprint density at radius 1 is 0.527 bits per heavy atom. The third kappa shape index (κ3) is 12.0. The van der Waals surface area contributed by atoms with Gasteiger partial charge in [-0.15, -0.1) is 0 Å². The number of benzene rings is 8. The van der Waals surface area contributed by atoms with Crippen LogP contribution in [0.1, 0.15) is 84.0 Å². The van der Waals surface area contributed by atoms with Crippen molar-refractivity contribution >= 4 is 33.5 Å². The molecule has 380 valence electrons. The lowest BCUT2D eigenvalue weighted by atomic mass is 9.84. The van der Waals surface area contributed by atoms with E-state index in [1.165, 1.54) is 59.0 Å². The second-order valence-electron chi connectivity index (χ2n) is 18.6. The van der Waals surface area contributed by atoms with Gasteiger partial charge in [-0.05, 0) is 107 Å². The number of halogens is 2. The molecule has 10 nitrogen and oxygen atoms in total. The first-order chi connectivity index (χ1) is 36.1. The van der Waals surface area contributed by atoms with E-state index in [-0.39, 0.29) is 60.8 Å². The highest BCUT2D eigenvalue weighted by molar-refractivity contribution is 5.87. The molecule has 8 aromatic rings. The Balaban J connectivity index is 0.000000182. The van der Waals surface area contributed by atoms with Gasteiger partial charge in [-0.2, -0.15) is 0 Å². The van der Waals surface area contributed by atoms with Crippen molar-refractivity contribution < 1.29 is 46.8 Å². The van der Waals surface area contributed by atoms with E-state index in [1.54, 1.807) is 12.1 Å². The van der Waals surface area contributed by atoms with Crippen molar-refractivity contribution in [2.75, 3.05) is 40.5 Å². The van der Waals surface area contributed by atoms with Gasteiger partial charge in [0.25, 0.3) is 0 Å². The Kier molecular flexibility index (Phi) is 16.5. The molecule has 8 aromatic carbocycles. The number of esters is 2. The number of carbonyl (C=O) groups is 2. The van der Waals surface area contributed by atoms with Crippen molar-refractivity contribution in [2.24, 2.45) is 0 Å². The second-order valence-corrected chi connectivity index (χ2v) is 18.6. The molecule has 0 spiro atoms. The Hall–Kier alpha value is -7.80. The molecule has 0 saturated heterocycles. The van der Waals surface area contributed by atoms with E-state index in [4.69, 9.17) is 18.9 Å². The number of hydrogen-bond donors (Lipinski definition) is 2. The molecule has 10 rings (SSSR count). The summed E-state index contributed by atoms with van der Waals surface area (Å²) in [5.74, 6) is -0.528. The molecule has 74 heavy (non-hydrogen) atoms. The topological polar surface area (TPSA) is 114 Å². The van der Waals surface area contributed by atoms with Crippen molar-refractivity contribution in [3.8, 4) is 23.0 Å². The van der Waals surface area contributed by atoms with Gasteiger partial charge in [-0.25, -0.2) is 18.4 Å². The zero-order valence-corrected chi connectivity index (χ0v) is 41.9. The van der Waals surface area contributed by atoms with Crippen LogP contribution in [-0.2, 0) is 19.1 Å². The first-order valence-electron chi connectivity index (χ1n) is 25.0. The number of fused-ring (bicyclic) bond motifs is 4. The molecule has 0 aromatic heterocycles. The normalized spacial score (nSPS) is 17.5. The Morgan fingerprint density at radius 2 is 0.919 bits per heavy atom. The molecule has 2 aliphatic heterocycles. The van der Waals surface area contributed by atoms with Gasteiger partial charge in [0.2, 0.25) is 0 Å². The van der Waals surface area contributed by atoms with Crippen molar-refractivity contribution in [2.45, 2.75) is 62.8 Å². The number of hydrogen-bond acceptors (Lipinski definition) is 10. The summed E-state index contributed by atoms with van der Waals surface area (Å²) in [4.78, 5) is 22.7. The Bertz CT molecular complexity index is 3010. The molecule has 0 fully saturated rings. The van der Waals surface area contributed by atoms with E-state index in [1.807, 2.05) is 60.7 Å². The van der Waals surface area contributed by atoms with Crippen LogP contribution >= 0.6 is 0 Å². The first kappa shape index (κ1) is 51.1. The minimum Gasteiger partial charge on any atom is -0.489 e. The molecule has 0 unspecified atom stereocenters. The van der Waals surface area contributed by atoms with Crippen LogP contribution in [0.3, 0.4) is 0 Å². The Labute approximate surface area is 430 Å². The third-order valence-electron chi connectivity index (χ3n) is 13.9. The second kappa shape index (κ2) is 23.8. The molecular formula is C62H60F2N2O8. The molecule has 6 atom stereocenters. The number of nitrogens with one attached hydrogen (secondary N) is 2. The zero-order chi connectivity index (χ0) is 51.6. The quantitative estimate of drug-likeness (QED) is 0.0907. The smallest absolute Gasteiger partial charge is 0.343 e. The number of rotatable bonds is 16. The maximum Gasteiger partial charge on any atom is 0.343 e. The average molecular weight is 999 g/mol. The minimum absolute atomic E-state index is 0.0247. The summed E-state index contributed by atoms with van der Waals surface area (Å²) in [5, 5.41) is 12.2. The van der Waals surface area contributed by atoms with Crippen LogP contribution in [0.15, 0.2) is 170 Å². The van der Waals surface area contributed by atoms with Gasteiger partial charge in [-0.1, -0.05) is 133 Å². The summed E-state index contributed by atoms with van der Waals surface area (Å²) < 4.78 is 62.2. The fraction of sp³-hybridized carbons (Fsp3) is 0.258. The Morgan fingerprint density at radius 3 is 1.34 bits per heavy atom. The van der Waals surface area contributed by atoms with E-state index in [9.17, 15) is 18.4 Å². The van der Waals surface area contributed by atoms with E-state index in [0.29, 0.717) is 25.9 Å². The molecule has 0 aliphatic carbocycles. The van der Waals surface area contributed by atoms with Crippen molar-refractivity contribution in [3.05, 3.63) is 215 Å². The van der Waals surface area contributed by atoms with Crippen LogP contribution in [-0.4, -0.2) is 64.7 Å². The number of methoxy groups -OCH3 is 2. The molecule has 0 radical (unpaired) electrons. The van der Waals surface area contributed by atoms with Crippen LogP contribution < -0.4 is 29.6 Å². The first-order valence-corrected chi connectivity index (χ1v) is 25.0. The summed E-state index contributed by atoms with van der Waals surface area (Å²) in [6.07, 6.45) is 1.23. The molecule has 2 heterocycles. The number of para-hydroxylation sites is 2. The van der Waals surface area contributed by atoms with E-state index in [0.717, 1.165) is 33.8 Å².